The van der Waals surface area contributed by atoms with E-state index in [0.717, 1.165) is 25.7 Å². The average Bonchev–Trinajstić information content (AvgIpc) is 2.35. The molecule has 1 heterocycles. The summed E-state index contributed by atoms with van der Waals surface area (Å²) >= 11 is 11.5. The van der Waals surface area contributed by atoms with Gasteiger partial charge in [-0.3, -0.25) is 4.79 Å². The Morgan fingerprint density at radius 1 is 1.29 bits per heavy atom. The third-order valence-electron chi connectivity index (χ3n) is 3.04. The number of hydrogen-bond donors (Lipinski definition) is 1. The molecule has 0 radical (unpaired) electrons. The Kier molecular flexibility index (Phi) is 4.24. The quantitative estimate of drug-likeness (QED) is 0.830. The summed E-state index contributed by atoms with van der Waals surface area (Å²) in [5, 5.41) is 3.44. The fraction of sp³-hybridized carbons (Fsp3) is 0.500. The lowest BCUT2D eigenvalue weighted by molar-refractivity contribution is -0.120. The summed E-state index contributed by atoms with van der Waals surface area (Å²) in [6, 6.07) is 1.62. The van der Waals surface area contributed by atoms with Crippen LogP contribution in [0.15, 0.2) is 12.3 Å². The standard InChI is InChI=1S/C12H14Cl2N2O/c13-10-6-9(7-15-11(10)14)16-12(17)8-4-2-1-3-5-8/h6-8H,1-5H2,(H,16,17). The maximum Gasteiger partial charge on any atom is 0.227 e. The minimum absolute atomic E-state index is 0.0601. The Labute approximate surface area is 111 Å². The van der Waals surface area contributed by atoms with E-state index in [4.69, 9.17) is 23.2 Å². The van der Waals surface area contributed by atoms with E-state index in [-0.39, 0.29) is 17.0 Å². The molecule has 17 heavy (non-hydrogen) atoms. The van der Waals surface area contributed by atoms with Crippen molar-refractivity contribution in [1.82, 2.24) is 4.98 Å². The number of hydrogen-bond acceptors (Lipinski definition) is 2. The van der Waals surface area contributed by atoms with E-state index in [1.165, 1.54) is 12.6 Å². The molecule has 0 spiro atoms. The number of amides is 1. The van der Waals surface area contributed by atoms with Crippen molar-refractivity contribution >= 4 is 34.8 Å². The van der Waals surface area contributed by atoms with Crippen LogP contribution in [-0.4, -0.2) is 10.9 Å². The number of carbonyl (C=O) groups excluding carboxylic acids is 1. The normalized spacial score (nSPS) is 16.8. The van der Waals surface area contributed by atoms with Crippen LogP contribution in [0.5, 0.6) is 0 Å². The molecule has 0 unspecified atom stereocenters. The summed E-state index contributed by atoms with van der Waals surface area (Å²) in [4.78, 5) is 15.8. The molecule has 1 aliphatic carbocycles. The zero-order valence-electron chi connectivity index (χ0n) is 9.38. The lowest BCUT2D eigenvalue weighted by atomic mass is 9.88. The second-order valence-corrected chi connectivity index (χ2v) is 5.09. The van der Waals surface area contributed by atoms with Crippen LogP contribution in [0.4, 0.5) is 5.69 Å². The Bertz CT molecular complexity index is 417. The average molecular weight is 273 g/mol. The first kappa shape index (κ1) is 12.7. The molecule has 1 aromatic heterocycles. The molecule has 0 aromatic carbocycles. The van der Waals surface area contributed by atoms with Gasteiger partial charge >= 0.3 is 0 Å². The highest BCUT2D eigenvalue weighted by atomic mass is 35.5. The minimum Gasteiger partial charge on any atom is -0.324 e. The molecule has 0 saturated heterocycles. The zero-order valence-corrected chi connectivity index (χ0v) is 10.9. The van der Waals surface area contributed by atoms with Crippen LogP contribution in [0, 0.1) is 5.92 Å². The predicted molar refractivity (Wildman–Crippen MR) is 69.5 cm³/mol. The molecule has 0 aliphatic heterocycles. The molecule has 0 bridgehead atoms. The maximum atomic E-state index is 11.9. The fourth-order valence-electron chi connectivity index (χ4n) is 2.10. The van der Waals surface area contributed by atoms with Crippen LogP contribution < -0.4 is 5.32 Å². The van der Waals surface area contributed by atoms with Gasteiger partial charge in [0.15, 0.2) is 0 Å². The number of halogens is 2. The van der Waals surface area contributed by atoms with Crippen LogP contribution in [-0.2, 0) is 4.79 Å². The number of rotatable bonds is 2. The summed E-state index contributed by atoms with van der Waals surface area (Å²) in [5.41, 5.74) is 0.606. The van der Waals surface area contributed by atoms with Crippen LogP contribution >= 0.6 is 23.2 Å². The molecular weight excluding hydrogens is 259 g/mol. The minimum atomic E-state index is 0.0601. The monoisotopic (exact) mass is 272 g/mol. The van der Waals surface area contributed by atoms with Gasteiger partial charge < -0.3 is 5.32 Å². The van der Waals surface area contributed by atoms with Crippen molar-refractivity contribution in [3.05, 3.63) is 22.4 Å². The van der Waals surface area contributed by atoms with Gasteiger partial charge in [-0.25, -0.2) is 4.98 Å². The number of aromatic nitrogens is 1. The van der Waals surface area contributed by atoms with Crippen molar-refractivity contribution in [2.24, 2.45) is 5.92 Å². The first-order valence-corrected chi connectivity index (χ1v) is 6.54. The Morgan fingerprint density at radius 3 is 2.65 bits per heavy atom. The van der Waals surface area contributed by atoms with Gasteiger partial charge in [0.2, 0.25) is 5.91 Å². The number of anilines is 1. The van der Waals surface area contributed by atoms with Crippen molar-refractivity contribution in [3.63, 3.8) is 0 Å². The molecule has 1 aromatic rings. The number of carbonyl (C=O) groups is 1. The molecule has 2 rings (SSSR count). The predicted octanol–water partition coefficient (Wildman–Crippen LogP) is 3.91. The van der Waals surface area contributed by atoms with Gasteiger partial charge in [0.1, 0.15) is 5.15 Å². The molecule has 1 saturated carbocycles. The van der Waals surface area contributed by atoms with Gasteiger partial charge in [-0.05, 0) is 18.9 Å². The molecule has 1 fully saturated rings. The van der Waals surface area contributed by atoms with Crippen LogP contribution in [0.3, 0.4) is 0 Å². The van der Waals surface area contributed by atoms with E-state index in [9.17, 15) is 4.79 Å². The van der Waals surface area contributed by atoms with E-state index < -0.39 is 0 Å². The Balaban J connectivity index is 1.99. The number of pyridine rings is 1. The first-order chi connectivity index (χ1) is 8.16. The maximum absolute atomic E-state index is 11.9. The van der Waals surface area contributed by atoms with Gasteiger partial charge in [0.25, 0.3) is 0 Å². The van der Waals surface area contributed by atoms with E-state index in [0.29, 0.717) is 10.7 Å². The van der Waals surface area contributed by atoms with Crippen molar-refractivity contribution in [1.29, 1.82) is 0 Å². The lowest BCUT2D eigenvalue weighted by Gasteiger charge is -2.20. The third kappa shape index (κ3) is 3.33. The SMILES string of the molecule is O=C(Nc1cnc(Cl)c(Cl)c1)C1CCCCC1. The second kappa shape index (κ2) is 5.69. The number of nitrogens with zero attached hydrogens (tertiary/aromatic N) is 1. The van der Waals surface area contributed by atoms with Crippen molar-refractivity contribution in [3.8, 4) is 0 Å². The van der Waals surface area contributed by atoms with Crippen molar-refractivity contribution in [2.45, 2.75) is 32.1 Å². The van der Waals surface area contributed by atoms with E-state index >= 15 is 0 Å². The molecule has 92 valence electrons. The van der Waals surface area contributed by atoms with E-state index in [2.05, 4.69) is 10.3 Å². The first-order valence-electron chi connectivity index (χ1n) is 5.79. The van der Waals surface area contributed by atoms with Crippen LogP contribution in [0.2, 0.25) is 10.2 Å². The van der Waals surface area contributed by atoms with Gasteiger partial charge in [-0.15, -0.1) is 0 Å². The third-order valence-corrected chi connectivity index (χ3v) is 3.73. The molecule has 1 aliphatic rings. The highest BCUT2D eigenvalue weighted by Gasteiger charge is 2.21. The topological polar surface area (TPSA) is 42.0 Å². The highest BCUT2D eigenvalue weighted by Crippen LogP contribution is 2.26. The summed E-state index contributed by atoms with van der Waals surface area (Å²) < 4.78 is 0. The van der Waals surface area contributed by atoms with Gasteiger partial charge in [-0.1, -0.05) is 42.5 Å². The number of nitrogens with one attached hydrogen (secondary N) is 1. The molecule has 3 nitrogen and oxygen atoms in total. The molecule has 1 N–H and O–H groups in total. The highest BCUT2D eigenvalue weighted by molar-refractivity contribution is 6.41. The summed E-state index contributed by atoms with van der Waals surface area (Å²) in [6.45, 7) is 0. The molecular formula is C12H14Cl2N2O. The van der Waals surface area contributed by atoms with E-state index in [1.807, 2.05) is 0 Å². The zero-order chi connectivity index (χ0) is 12.3. The van der Waals surface area contributed by atoms with E-state index in [1.54, 1.807) is 6.07 Å². The fourth-order valence-corrected chi connectivity index (χ4v) is 2.37. The molecule has 5 heteroatoms. The Morgan fingerprint density at radius 2 is 2.00 bits per heavy atom. The van der Waals surface area contributed by atoms with Crippen molar-refractivity contribution < 1.29 is 4.79 Å². The summed E-state index contributed by atoms with van der Waals surface area (Å²) in [5.74, 6) is 0.183. The largest absolute Gasteiger partial charge is 0.324 e. The lowest BCUT2D eigenvalue weighted by Crippen LogP contribution is -2.24. The van der Waals surface area contributed by atoms with Crippen molar-refractivity contribution in [2.75, 3.05) is 5.32 Å². The Hall–Kier alpha value is -0.800. The van der Waals surface area contributed by atoms with Crippen LogP contribution in [0.1, 0.15) is 32.1 Å². The van der Waals surface area contributed by atoms with Gasteiger partial charge in [0, 0.05) is 5.92 Å². The summed E-state index contributed by atoms with van der Waals surface area (Å²) in [7, 11) is 0. The summed E-state index contributed by atoms with van der Waals surface area (Å²) in [6.07, 6.45) is 6.98. The molecule has 1 amide bonds. The van der Waals surface area contributed by atoms with Gasteiger partial charge in [-0.2, -0.15) is 0 Å². The van der Waals surface area contributed by atoms with Gasteiger partial charge in [0.05, 0.1) is 16.9 Å². The molecule has 0 atom stereocenters. The smallest absolute Gasteiger partial charge is 0.227 e. The second-order valence-electron chi connectivity index (χ2n) is 4.32. The van der Waals surface area contributed by atoms with Crippen LogP contribution in [0.25, 0.3) is 0 Å².